The number of amides is 2. The van der Waals surface area contributed by atoms with Crippen LogP contribution in [0.4, 0.5) is 0 Å². The van der Waals surface area contributed by atoms with E-state index in [2.05, 4.69) is 10.6 Å². The number of hydrogen-bond donors (Lipinski definition) is 3. The first-order valence-corrected chi connectivity index (χ1v) is 7.67. The van der Waals surface area contributed by atoms with Crippen molar-refractivity contribution in [3.05, 3.63) is 0 Å². The lowest BCUT2D eigenvalue weighted by atomic mass is 9.81. The number of carboxylic acid groups (broad SMARTS) is 1. The van der Waals surface area contributed by atoms with E-state index in [1.807, 2.05) is 13.8 Å². The third-order valence-electron chi connectivity index (χ3n) is 3.81. The number of hydrogen-bond acceptors (Lipinski definition) is 3. The summed E-state index contributed by atoms with van der Waals surface area (Å²) in [7, 11) is 0. The van der Waals surface area contributed by atoms with Gasteiger partial charge >= 0.3 is 5.97 Å². The standard InChI is InChI=1S/C15H26N2O4/c1-10(2)9-17-13(18)7-8-16-14(19)11-3-5-12(6-4-11)15(20)21/h10-12H,3-9H2,1-2H3,(H,16,19)(H,17,18)(H,20,21). The number of nitrogens with one attached hydrogen (secondary N) is 2. The van der Waals surface area contributed by atoms with Crippen LogP contribution in [0.25, 0.3) is 0 Å². The second-order valence-corrected chi connectivity index (χ2v) is 6.13. The summed E-state index contributed by atoms with van der Waals surface area (Å²) in [6, 6.07) is 0. The first-order chi connectivity index (χ1) is 9.90. The molecule has 1 rings (SSSR count). The van der Waals surface area contributed by atoms with E-state index in [0.29, 0.717) is 44.7 Å². The first-order valence-electron chi connectivity index (χ1n) is 7.67. The van der Waals surface area contributed by atoms with Crippen LogP contribution in [0.2, 0.25) is 0 Å². The number of carbonyl (C=O) groups excluding carboxylic acids is 2. The van der Waals surface area contributed by atoms with Crippen molar-refractivity contribution in [2.24, 2.45) is 17.8 Å². The fraction of sp³-hybridized carbons (Fsp3) is 0.800. The molecule has 0 heterocycles. The third-order valence-corrected chi connectivity index (χ3v) is 3.81. The molecule has 21 heavy (non-hydrogen) atoms. The largest absolute Gasteiger partial charge is 0.481 e. The molecule has 0 atom stereocenters. The topological polar surface area (TPSA) is 95.5 Å². The van der Waals surface area contributed by atoms with Crippen LogP contribution in [0.1, 0.15) is 46.0 Å². The Bertz CT molecular complexity index is 374. The molecule has 1 saturated carbocycles. The summed E-state index contributed by atoms with van der Waals surface area (Å²) in [5.41, 5.74) is 0. The Morgan fingerprint density at radius 3 is 2.14 bits per heavy atom. The zero-order valence-electron chi connectivity index (χ0n) is 12.9. The Kier molecular flexibility index (Phi) is 7.19. The Labute approximate surface area is 125 Å². The van der Waals surface area contributed by atoms with Gasteiger partial charge in [0, 0.05) is 25.4 Å². The van der Waals surface area contributed by atoms with Crippen molar-refractivity contribution < 1.29 is 19.5 Å². The molecule has 0 spiro atoms. The molecule has 1 aliphatic rings. The minimum absolute atomic E-state index is 0.0569. The molecule has 120 valence electrons. The zero-order valence-corrected chi connectivity index (χ0v) is 12.9. The van der Waals surface area contributed by atoms with E-state index >= 15 is 0 Å². The van der Waals surface area contributed by atoms with Gasteiger partial charge in [0.25, 0.3) is 0 Å². The van der Waals surface area contributed by atoms with Crippen LogP contribution < -0.4 is 10.6 Å². The average Bonchev–Trinajstić information content (AvgIpc) is 2.45. The van der Waals surface area contributed by atoms with Crippen LogP contribution in [0.15, 0.2) is 0 Å². The van der Waals surface area contributed by atoms with Gasteiger partial charge < -0.3 is 15.7 Å². The molecule has 1 fully saturated rings. The minimum Gasteiger partial charge on any atom is -0.481 e. The van der Waals surface area contributed by atoms with Gasteiger partial charge in [-0.3, -0.25) is 14.4 Å². The molecule has 3 N–H and O–H groups in total. The van der Waals surface area contributed by atoms with Gasteiger partial charge in [-0.1, -0.05) is 13.8 Å². The summed E-state index contributed by atoms with van der Waals surface area (Å²) in [5.74, 6) is -0.895. The molecule has 0 aromatic rings. The van der Waals surface area contributed by atoms with E-state index in [-0.39, 0.29) is 30.1 Å². The summed E-state index contributed by atoms with van der Waals surface area (Å²) in [6.07, 6.45) is 2.62. The summed E-state index contributed by atoms with van der Waals surface area (Å²) in [6.45, 7) is 5.03. The monoisotopic (exact) mass is 298 g/mol. The average molecular weight is 298 g/mol. The highest BCUT2D eigenvalue weighted by Crippen LogP contribution is 2.28. The maximum Gasteiger partial charge on any atom is 0.306 e. The minimum atomic E-state index is -0.768. The van der Waals surface area contributed by atoms with Crippen molar-refractivity contribution >= 4 is 17.8 Å². The molecule has 0 unspecified atom stereocenters. The van der Waals surface area contributed by atoms with Gasteiger partial charge in [0.05, 0.1) is 5.92 Å². The van der Waals surface area contributed by atoms with E-state index in [4.69, 9.17) is 5.11 Å². The Hall–Kier alpha value is -1.59. The van der Waals surface area contributed by atoms with Crippen LogP contribution in [-0.2, 0) is 14.4 Å². The molecule has 0 radical (unpaired) electrons. The Balaban J connectivity index is 2.17. The molecule has 6 nitrogen and oxygen atoms in total. The van der Waals surface area contributed by atoms with E-state index in [9.17, 15) is 14.4 Å². The molecular formula is C15H26N2O4. The van der Waals surface area contributed by atoms with Gasteiger partial charge in [-0.15, -0.1) is 0 Å². The highest BCUT2D eigenvalue weighted by Gasteiger charge is 2.29. The van der Waals surface area contributed by atoms with E-state index in [1.165, 1.54) is 0 Å². The van der Waals surface area contributed by atoms with E-state index < -0.39 is 5.97 Å². The van der Waals surface area contributed by atoms with Gasteiger partial charge in [-0.05, 0) is 31.6 Å². The van der Waals surface area contributed by atoms with Crippen LogP contribution in [0, 0.1) is 17.8 Å². The van der Waals surface area contributed by atoms with Crippen molar-refractivity contribution in [3.63, 3.8) is 0 Å². The predicted octanol–water partition coefficient (Wildman–Crippen LogP) is 1.16. The van der Waals surface area contributed by atoms with E-state index in [1.54, 1.807) is 0 Å². The molecule has 0 aliphatic heterocycles. The van der Waals surface area contributed by atoms with Crippen LogP contribution >= 0.6 is 0 Å². The highest BCUT2D eigenvalue weighted by atomic mass is 16.4. The number of rotatable bonds is 7. The molecule has 0 saturated heterocycles. The van der Waals surface area contributed by atoms with Gasteiger partial charge in [0.2, 0.25) is 11.8 Å². The summed E-state index contributed by atoms with van der Waals surface area (Å²) in [4.78, 5) is 34.3. The molecule has 0 aromatic carbocycles. The lowest BCUT2D eigenvalue weighted by molar-refractivity contribution is -0.144. The number of aliphatic carboxylic acids is 1. The molecule has 1 aliphatic carbocycles. The second kappa shape index (κ2) is 8.64. The van der Waals surface area contributed by atoms with Crippen molar-refractivity contribution in [3.8, 4) is 0 Å². The van der Waals surface area contributed by atoms with Gasteiger partial charge in [-0.25, -0.2) is 0 Å². The molecular weight excluding hydrogens is 272 g/mol. The summed E-state index contributed by atoms with van der Waals surface area (Å²) < 4.78 is 0. The second-order valence-electron chi connectivity index (χ2n) is 6.13. The van der Waals surface area contributed by atoms with Crippen LogP contribution in [0.5, 0.6) is 0 Å². The number of carbonyl (C=O) groups is 3. The van der Waals surface area contributed by atoms with Crippen molar-refractivity contribution in [1.29, 1.82) is 0 Å². The maximum absolute atomic E-state index is 11.9. The van der Waals surface area contributed by atoms with Crippen molar-refractivity contribution in [2.75, 3.05) is 13.1 Å². The highest BCUT2D eigenvalue weighted by molar-refractivity contribution is 5.81. The van der Waals surface area contributed by atoms with Crippen LogP contribution in [-0.4, -0.2) is 36.0 Å². The lowest BCUT2D eigenvalue weighted by Gasteiger charge is -2.25. The molecule has 2 amide bonds. The molecule has 6 heteroatoms. The van der Waals surface area contributed by atoms with E-state index in [0.717, 1.165) is 0 Å². The quantitative estimate of drug-likeness (QED) is 0.657. The fourth-order valence-electron chi connectivity index (χ4n) is 2.45. The number of carboxylic acids is 1. The lowest BCUT2D eigenvalue weighted by Crippen LogP contribution is -2.37. The molecule has 0 bridgehead atoms. The summed E-state index contributed by atoms with van der Waals surface area (Å²) >= 11 is 0. The molecule has 0 aromatic heterocycles. The maximum atomic E-state index is 11.9. The Morgan fingerprint density at radius 2 is 1.62 bits per heavy atom. The first kappa shape index (κ1) is 17.5. The Morgan fingerprint density at radius 1 is 1.05 bits per heavy atom. The van der Waals surface area contributed by atoms with Crippen molar-refractivity contribution in [2.45, 2.75) is 46.0 Å². The smallest absolute Gasteiger partial charge is 0.306 e. The van der Waals surface area contributed by atoms with Gasteiger partial charge in [0.15, 0.2) is 0 Å². The SMILES string of the molecule is CC(C)CNC(=O)CCNC(=O)C1CCC(C(=O)O)CC1. The zero-order chi connectivity index (χ0) is 15.8. The van der Waals surface area contributed by atoms with Gasteiger partial charge in [-0.2, -0.15) is 0 Å². The van der Waals surface area contributed by atoms with Crippen LogP contribution in [0.3, 0.4) is 0 Å². The third kappa shape index (κ3) is 6.60. The predicted molar refractivity (Wildman–Crippen MR) is 78.6 cm³/mol. The van der Waals surface area contributed by atoms with Gasteiger partial charge in [0.1, 0.15) is 0 Å². The normalized spacial score (nSPS) is 21.9. The summed E-state index contributed by atoms with van der Waals surface area (Å²) in [5, 5.41) is 14.5. The fourth-order valence-corrected chi connectivity index (χ4v) is 2.45. The van der Waals surface area contributed by atoms with Crippen molar-refractivity contribution in [1.82, 2.24) is 10.6 Å².